The monoisotopic (exact) mass is 470 g/mol. The number of sulfonamides is 1. The minimum atomic E-state index is -4.52. The van der Waals surface area contributed by atoms with Gasteiger partial charge in [-0.2, -0.15) is 17.5 Å². The Morgan fingerprint density at radius 3 is 2.48 bits per heavy atom. The molecule has 12 heteroatoms. The fourth-order valence-corrected chi connectivity index (χ4v) is 5.68. The van der Waals surface area contributed by atoms with Gasteiger partial charge in [0.1, 0.15) is 10.5 Å². The molecule has 0 atom stereocenters. The number of nitrogens with one attached hydrogen (secondary N) is 1. The molecule has 1 amide bonds. The second-order valence-electron chi connectivity index (χ2n) is 6.79. The molecule has 1 N–H and O–H groups in total. The number of alkyl halides is 3. The fraction of sp³-hybridized carbons (Fsp3) is 0.263. The van der Waals surface area contributed by atoms with Crippen LogP contribution in [-0.4, -0.2) is 65.2 Å². The molecule has 0 unspecified atom stereocenters. The van der Waals surface area contributed by atoms with E-state index in [0.29, 0.717) is 11.0 Å². The fourth-order valence-electron chi connectivity index (χ4n) is 3.44. The van der Waals surface area contributed by atoms with Crippen LogP contribution in [0.3, 0.4) is 0 Å². The molecule has 1 aromatic carbocycles. The van der Waals surface area contributed by atoms with Gasteiger partial charge in [0.25, 0.3) is 5.91 Å². The lowest BCUT2D eigenvalue weighted by molar-refractivity contribution is -0.0328. The van der Waals surface area contributed by atoms with Gasteiger partial charge >= 0.3 is 5.51 Å². The molecular weight excluding hydrogens is 453 g/mol. The van der Waals surface area contributed by atoms with Crippen LogP contribution in [0.1, 0.15) is 10.4 Å². The number of aromatic amines is 1. The van der Waals surface area contributed by atoms with Crippen LogP contribution in [0.2, 0.25) is 0 Å². The maximum atomic E-state index is 13.1. The number of nitrogens with zero attached hydrogens (tertiary/aromatic N) is 3. The Morgan fingerprint density at radius 2 is 1.77 bits per heavy atom. The van der Waals surface area contributed by atoms with Crippen molar-refractivity contribution in [2.75, 3.05) is 26.2 Å². The van der Waals surface area contributed by atoms with Crippen molar-refractivity contribution in [3.63, 3.8) is 0 Å². The van der Waals surface area contributed by atoms with Crippen molar-refractivity contribution in [1.29, 1.82) is 0 Å². The third kappa shape index (κ3) is 4.41. The van der Waals surface area contributed by atoms with E-state index < -0.39 is 21.4 Å². The Bertz CT molecular complexity index is 1220. The molecule has 164 valence electrons. The van der Waals surface area contributed by atoms with Gasteiger partial charge in [0.2, 0.25) is 10.0 Å². The van der Waals surface area contributed by atoms with Crippen molar-refractivity contribution in [3.8, 4) is 0 Å². The van der Waals surface area contributed by atoms with Crippen LogP contribution < -0.4 is 0 Å². The first-order valence-electron chi connectivity index (χ1n) is 9.23. The number of hydrogen-bond donors (Lipinski definition) is 1. The lowest BCUT2D eigenvalue weighted by Gasteiger charge is -2.34. The Hall–Kier alpha value is -2.57. The summed E-state index contributed by atoms with van der Waals surface area (Å²) in [6.07, 6.45) is 2.93. The van der Waals surface area contributed by atoms with Crippen LogP contribution >= 0.6 is 11.8 Å². The zero-order valence-corrected chi connectivity index (χ0v) is 17.6. The molecule has 1 aliphatic rings. The van der Waals surface area contributed by atoms with Gasteiger partial charge in [-0.25, -0.2) is 13.4 Å². The predicted molar refractivity (Wildman–Crippen MR) is 109 cm³/mol. The number of carbonyl (C=O) groups excluding carboxylic acids is 1. The lowest BCUT2D eigenvalue weighted by atomic mass is 10.2. The first-order valence-corrected chi connectivity index (χ1v) is 11.5. The number of piperazine rings is 1. The van der Waals surface area contributed by atoms with Gasteiger partial charge in [-0.15, -0.1) is 0 Å². The highest BCUT2D eigenvalue weighted by Crippen LogP contribution is 2.38. The van der Waals surface area contributed by atoms with Crippen LogP contribution in [0.5, 0.6) is 0 Å². The van der Waals surface area contributed by atoms with Gasteiger partial charge in [0.15, 0.2) is 0 Å². The maximum Gasteiger partial charge on any atom is 0.446 e. The van der Waals surface area contributed by atoms with Crippen molar-refractivity contribution < 1.29 is 26.4 Å². The standard InChI is InChI=1S/C19H17F3N4O3S2/c20-19(21,22)30-15-6-2-1-4-13(15)18(27)25-8-10-26(11-9-25)31(28,29)16-12-24-17-14(16)5-3-7-23-17/h1-7,12H,8-11H2,(H,23,24). The highest BCUT2D eigenvalue weighted by atomic mass is 32.2. The van der Waals surface area contributed by atoms with Crippen molar-refractivity contribution in [3.05, 3.63) is 54.4 Å². The summed E-state index contributed by atoms with van der Waals surface area (Å²) in [7, 11) is -3.82. The van der Waals surface area contributed by atoms with Crippen molar-refractivity contribution in [2.24, 2.45) is 0 Å². The number of benzene rings is 1. The van der Waals surface area contributed by atoms with E-state index in [1.165, 1.54) is 39.7 Å². The van der Waals surface area contributed by atoms with Gasteiger partial charge in [0.05, 0.1) is 5.56 Å². The van der Waals surface area contributed by atoms with Crippen LogP contribution in [0.25, 0.3) is 11.0 Å². The molecule has 7 nitrogen and oxygen atoms in total. The predicted octanol–water partition coefficient (Wildman–Crippen LogP) is 3.32. The number of thioether (sulfide) groups is 1. The summed E-state index contributed by atoms with van der Waals surface area (Å²) in [5.74, 6) is -0.555. The molecule has 0 bridgehead atoms. The van der Waals surface area contributed by atoms with E-state index in [4.69, 9.17) is 0 Å². The molecular formula is C19H17F3N4O3S2. The topological polar surface area (TPSA) is 86.4 Å². The SMILES string of the molecule is O=C(c1ccccc1SC(F)(F)F)N1CCN(S(=O)(=O)c2c[nH]c3ncccc23)CC1. The number of H-pyrrole nitrogens is 1. The highest BCUT2D eigenvalue weighted by Gasteiger charge is 2.35. The number of amides is 1. The molecule has 0 radical (unpaired) electrons. The van der Waals surface area contributed by atoms with E-state index >= 15 is 0 Å². The summed E-state index contributed by atoms with van der Waals surface area (Å²) in [6.45, 7) is 0.221. The van der Waals surface area contributed by atoms with Crippen molar-refractivity contribution in [2.45, 2.75) is 15.3 Å². The molecule has 0 spiro atoms. The molecule has 0 aliphatic carbocycles. The molecule has 1 saturated heterocycles. The van der Waals surface area contributed by atoms with Gasteiger partial charge in [-0.3, -0.25) is 4.79 Å². The Morgan fingerprint density at radius 1 is 1.06 bits per heavy atom. The third-order valence-corrected chi connectivity index (χ3v) is 7.65. The first-order chi connectivity index (χ1) is 14.7. The van der Waals surface area contributed by atoms with Crippen molar-refractivity contribution >= 4 is 38.7 Å². The number of pyridine rings is 1. The summed E-state index contributed by atoms with van der Waals surface area (Å²) in [6, 6.07) is 8.82. The highest BCUT2D eigenvalue weighted by molar-refractivity contribution is 8.00. The van der Waals surface area contributed by atoms with E-state index in [-0.39, 0.29) is 53.3 Å². The molecule has 31 heavy (non-hydrogen) atoms. The van der Waals surface area contributed by atoms with Gasteiger partial charge < -0.3 is 9.88 Å². The van der Waals surface area contributed by atoms with Crippen molar-refractivity contribution in [1.82, 2.24) is 19.2 Å². The molecule has 4 rings (SSSR count). The number of fused-ring (bicyclic) bond motifs is 1. The number of halogens is 3. The Labute approximate surface area is 180 Å². The minimum Gasteiger partial charge on any atom is -0.345 e. The minimum absolute atomic E-state index is 0.0373. The van der Waals surface area contributed by atoms with Crippen LogP contribution in [-0.2, 0) is 10.0 Å². The second kappa shape index (κ2) is 8.17. The Kier molecular flexibility index (Phi) is 5.71. The number of rotatable bonds is 4. The average Bonchev–Trinajstić information content (AvgIpc) is 3.18. The summed E-state index contributed by atoms with van der Waals surface area (Å²) in [4.78, 5) is 21.0. The quantitative estimate of drug-likeness (QED) is 0.592. The lowest BCUT2D eigenvalue weighted by Crippen LogP contribution is -2.50. The average molecular weight is 470 g/mol. The normalized spacial score (nSPS) is 16.0. The van der Waals surface area contributed by atoms with E-state index in [9.17, 15) is 26.4 Å². The van der Waals surface area contributed by atoms with E-state index in [2.05, 4.69) is 9.97 Å². The van der Waals surface area contributed by atoms with Crippen LogP contribution in [0.15, 0.2) is 58.6 Å². The van der Waals surface area contributed by atoms with E-state index in [1.54, 1.807) is 18.3 Å². The molecule has 1 fully saturated rings. The van der Waals surface area contributed by atoms with E-state index in [0.717, 1.165) is 0 Å². The van der Waals surface area contributed by atoms with E-state index in [1.807, 2.05) is 0 Å². The summed E-state index contributed by atoms with van der Waals surface area (Å²) < 4.78 is 65.8. The molecule has 1 aliphatic heterocycles. The Balaban J connectivity index is 1.50. The van der Waals surface area contributed by atoms with Crippen LogP contribution in [0.4, 0.5) is 13.2 Å². The zero-order valence-electron chi connectivity index (χ0n) is 16.0. The summed E-state index contributed by atoms with van der Waals surface area (Å²) >= 11 is -0.339. The van der Waals surface area contributed by atoms with Gasteiger partial charge in [-0.05, 0) is 36.0 Å². The number of aromatic nitrogens is 2. The molecule has 3 aromatic rings. The molecule has 0 saturated carbocycles. The van der Waals surface area contributed by atoms with Crippen LogP contribution in [0, 0.1) is 0 Å². The summed E-state index contributed by atoms with van der Waals surface area (Å²) in [5.41, 5.74) is -4.12. The van der Waals surface area contributed by atoms with Gasteiger partial charge in [0, 0.05) is 48.9 Å². The van der Waals surface area contributed by atoms with Gasteiger partial charge in [-0.1, -0.05) is 12.1 Å². The first kappa shape index (κ1) is 21.7. The largest absolute Gasteiger partial charge is 0.446 e. The smallest absolute Gasteiger partial charge is 0.345 e. The third-order valence-electron chi connectivity index (χ3n) is 4.90. The molecule has 3 heterocycles. The second-order valence-corrected chi connectivity index (χ2v) is 9.81. The maximum absolute atomic E-state index is 13.1. The number of carbonyl (C=O) groups is 1. The zero-order chi connectivity index (χ0) is 22.2. The number of hydrogen-bond acceptors (Lipinski definition) is 5. The molecule has 2 aromatic heterocycles. The summed E-state index contributed by atoms with van der Waals surface area (Å²) in [5, 5.41) is 0.471.